The molecular formula is C70H74F8N4O7S2. The first kappa shape index (κ1) is 69.3. The number of nitrogens with zero attached hydrogens (tertiary/aromatic N) is 2. The van der Waals surface area contributed by atoms with Gasteiger partial charge in [0.1, 0.15) is 25.6 Å². The molecule has 11 nitrogen and oxygen atoms in total. The number of alkyl halides is 8. The van der Waals surface area contributed by atoms with Gasteiger partial charge in [0, 0.05) is 46.3 Å². The first-order valence-electron chi connectivity index (χ1n) is 29.9. The monoisotopic (exact) mass is 1300 g/mol. The summed E-state index contributed by atoms with van der Waals surface area (Å²) in [4.78, 5) is 49.9. The fourth-order valence-electron chi connectivity index (χ4n) is 13.6. The lowest BCUT2D eigenvalue weighted by atomic mass is 9.50. The maximum atomic E-state index is 13.6. The van der Waals surface area contributed by atoms with Crippen LogP contribution in [0.5, 0.6) is 0 Å². The number of carbonyl (C=O) groups is 4. The van der Waals surface area contributed by atoms with E-state index in [0.29, 0.717) is 61.9 Å². The summed E-state index contributed by atoms with van der Waals surface area (Å²) in [6.45, 7) is 2.68. The van der Waals surface area contributed by atoms with E-state index in [0.717, 1.165) is 92.3 Å². The van der Waals surface area contributed by atoms with Crippen LogP contribution in [0.1, 0.15) is 143 Å². The van der Waals surface area contributed by atoms with Gasteiger partial charge >= 0.3 is 30.3 Å². The van der Waals surface area contributed by atoms with Crippen molar-refractivity contribution in [2.24, 2.45) is 28.4 Å². The van der Waals surface area contributed by atoms with Crippen LogP contribution in [0.25, 0.3) is 21.8 Å². The average Bonchev–Trinajstić information content (AvgIpc) is 1.54. The number of halogens is 8. The molecule has 4 aliphatic rings. The van der Waals surface area contributed by atoms with Crippen LogP contribution in [0.4, 0.5) is 35.1 Å². The average molecular weight is 1300 g/mol. The molecule has 4 fully saturated rings. The molecule has 4 saturated carbocycles. The molecule has 2 spiro atoms. The van der Waals surface area contributed by atoms with Gasteiger partial charge in [0.25, 0.3) is 5.91 Å². The number of amides is 1. The number of aromatic nitrogens is 2. The summed E-state index contributed by atoms with van der Waals surface area (Å²) in [6.07, 6.45) is 1.52. The second-order valence-electron chi connectivity index (χ2n) is 24.5. The second kappa shape index (κ2) is 28.9. The smallest absolute Gasteiger partial charge is 0.416 e. The minimum Gasteiger partial charge on any atom is -0.478 e. The highest BCUT2D eigenvalue weighted by Gasteiger charge is 2.56. The number of benzene rings is 6. The third-order valence-corrected chi connectivity index (χ3v) is 18.1. The number of nitrogens with two attached hydrogens (primary N) is 1. The number of carbonyl (C=O) groups excluding carboxylic acids is 3. The van der Waals surface area contributed by atoms with E-state index in [1.54, 1.807) is 29.0 Å². The van der Waals surface area contributed by atoms with Crippen molar-refractivity contribution in [3.8, 4) is 0 Å². The fourth-order valence-corrected chi connectivity index (χ4v) is 13.6. The van der Waals surface area contributed by atoms with E-state index >= 15 is 0 Å². The molecule has 21 heteroatoms. The molecule has 2 atom stereocenters. The lowest BCUT2D eigenvalue weighted by Gasteiger charge is -2.57. The Bertz CT molecular complexity index is 3800. The third kappa shape index (κ3) is 16.0. The summed E-state index contributed by atoms with van der Waals surface area (Å²) in [5.74, 6) is -1.65. The topological polar surface area (TPSA) is 155 Å². The Morgan fingerprint density at radius 1 is 0.549 bits per heavy atom. The molecule has 2 heterocycles. The van der Waals surface area contributed by atoms with E-state index in [4.69, 9.17) is 15.2 Å². The predicted octanol–water partition coefficient (Wildman–Crippen LogP) is 15.8. The molecule has 4 N–H and O–H groups in total. The van der Waals surface area contributed by atoms with Crippen molar-refractivity contribution in [1.29, 1.82) is 0 Å². The summed E-state index contributed by atoms with van der Waals surface area (Å²) < 4.78 is 118. The molecule has 1 amide bonds. The van der Waals surface area contributed by atoms with Crippen LogP contribution in [0, 0.1) is 22.7 Å². The van der Waals surface area contributed by atoms with Gasteiger partial charge in [0.15, 0.2) is 0 Å². The summed E-state index contributed by atoms with van der Waals surface area (Å²) in [5.41, 5.74) is 11.3. The van der Waals surface area contributed by atoms with Gasteiger partial charge in [-0.25, -0.2) is 13.6 Å². The number of hydrogen-bond donors (Lipinski definition) is 3. The molecule has 6 aromatic carbocycles. The maximum absolute atomic E-state index is 13.6. The Kier molecular flexibility index (Phi) is 22.0. The van der Waals surface area contributed by atoms with Crippen molar-refractivity contribution in [2.45, 2.75) is 128 Å². The highest BCUT2D eigenvalue weighted by atomic mass is 32.1. The van der Waals surface area contributed by atoms with Gasteiger partial charge in [-0.05, 0) is 159 Å². The third-order valence-electron chi connectivity index (χ3n) is 18.1. The van der Waals surface area contributed by atoms with Crippen molar-refractivity contribution in [2.75, 3.05) is 13.3 Å². The lowest BCUT2D eigenvalue weighted by Crippen LogP contribution is -2.57. The number of aromatic carboxylic acids is 1. The molecular weight excluding hydrogens is 1220 g/mol. The van der Waals surface area contributed by atoms with E-state index in [-0.39, 0.29) is 105 Å². The van der Waals surface area contributed by atoms with Crippen molar-refractivity contribution in [1.82, 2.24) is 14.5 Å². The molecule has 484 valence electrons. The Labute approximate surface area is 536 Å². The standard InChI is InChI=1S/C35H34F4N2O3.C19H15F4NO2.C16H21NO2.2H2S/c1-22(24-6-3-2-4-7-24)44-33(43)26-17-34(18-26)19-28(20-34)40-32(42)29-21-41(15-14-36)30-9-5-8-25(31(29)30)16-23-10-12-27(13-11-23)35(37,38)39;20-8-9-24-11-15(18(25)26)17-13(2-1-3-16(17)24)10-12-4-6-14(7-5-12)19(21,22)23;1-11(12-5-3-2-4-6-12)19-15(18)13-7-16(8-13)9-14(17)10-16;;/h2-13,21-22,26,28H,14-20H2,1H3,(H,40,42);1-7,11H,8-10H2,(H,25,26);2-6,11,13-14H,7-10,17H2,1H3;2*1H2/t22-,26?,28?,34?;;11-,13?,14?,16?;;/m0.0../s1. The Hall–Kier alpha value is -7.62. The van der Waals surface area contributed by atoms with E-state index in [1.807, 2.05) is 92.7 Å². The molecule has 0 bridgehead atoms. The first-order chi connectivity index (χ1) is 42.4. The van der Waals surface area contributed by atoms with Gasteiger partial charge in [-0.2, -0.15) is 53.3 Å². The molecule has 0 saturated heterocycles. The van der Waals surface area contributed by atoms with Crippen molar-refractivity contribution in [3.05, 3.63) is 214 Å². The molecule has 0 radical (unpaired) electrons. The van der Waals surface area contributed by atoms with E-state index in [2.05, 4.69) is 5.32 Å². The van der Waals surface area contributed by atoms with Gasteiger partial charge in [0.05, 0.1) is 47.2 Å². The Morgan fingerprint density at radius 2 is 0.934 bits per heavy atom. The molecule has 12 rings (SSSR count). The molecule has 0 aliphatic heterocycles. The van der Waals surface area contributed by atoms with Gasteiger partial charge in [-0.3, -0.25) is 14.4 Å². The van der Waals surface area contributed by atoms with Gasteiger partial charge in [-0.1, -0.05) is 109 Å². The zero-order valence-electron chi connectivity index (χ0n) is 50.3. The van der Waals surface area contributed by atoms with Crippen LogP contribution >= 0.6 is 27.0 Å². The zero-order chi connectivity index (χ0) is 63.4. The number of fused-ring (bicyclic) bond motifs is 2. The fraction of sp³-hybridized carbons (Fsp3) is 0.371. The molecule has 2 aromatic heterocycles. The van der Waals surface area contributed by atoms with E-state index in [9.17, 15) is 59.4 Å². The number of aryl methyl sites for hydroxylation is 2. The largest absolute Gasteiger partial charge is 0.478 e. The van der Waals surface area contributed by atoms with Crippen molar-refractivity contribution < 1.29 is 68.9 Å². The van der Waals surface area contributed by atoms with Crippen LogP contribution in [-0.4, -0.2) is 63.5 Å². The minimum atomic E-state index is -4.42. The maximum Gasteiger partial charge on any atom is 0.416 e. The zero-order valence-corrected chi connectivity index (χ0v) is 52.3. The SMILES string of the molecule is C[C@H](OC(=O)C1CC2(CC(N)C2)C1)c1ccccc1.C[C@H](OC(=O)C1CC2(CC(NC(=O)c3cn(CCF)c4cccc(Cc5ccc(C(F)(F)F)cc5)c34)C2)C1)c1ccccc1.O=C(O)c1cn(CCF)c2cccc(Cc3ccc(C(F)(F)F)cc3)c12.S.S. The van der Waals surface area contributed by atoms with Crippen LogP contribution in [0.2, 0.25) is 0 Å². The molecule has 4 aliphatic carbocycles. The minimum absolute atomic E-state index is 0. The highest BCUT2D eigenvalue weighted by Crippen LogP contribution is 2.60. The summed E-state index contributed by atoms with van der Waals surface area (Å²) in [5, 5.41) is 13.7. The van der Waals surface area contributed by atoms with E-state index < -0.39 is 42.8 Å². The second-order valence-corrected chi connectivity index (χ2v) is 24.5. The molecule has 8 aromatic rings. The normalized spacial score (nSPS) is 21.1. The number of esters is 2. The molecule has 91 heavy (non-hydrogen) atoms. The summed E-state index contributed by atoms with van der Waals surface area (Å²) in [7, 11) is 0. The number of carboxylic acids is 1. The predicted molar refractivity (Wildman–Crippen MR) is 342 cm³/mol. The van der Waals surface area contributed by atoms with Crippen LogP contribution in [0.3, 0.4) is 0 Å². The number of hydrogen-bond acceptors (Lipinski definition) is 7. The quantitative estimate of drug-likeness (QED) is 0.0601. The molecule has 0 unspecified atom stereocenters. The number of ether oxygens (including phenoxy) is 2. The van der Waals surface area contributed by atoms with Gasteiger partial charge < -0.3 is 34.8 Å². The van der Waals surface area contributed by atoms with Crippen LogP contribution < -0.4 is 11.1 Å². The van der Waals surface area contributed by atoms with Gasteiger partial charge in [0.2, 0.25) is 0 Å². The Morgan fingerprint density at radius 3 is 1.31 bits per heavy atom. The van der Waals surface area contributed by atoms with Crippen LogP contribution in [-0.2, 0) is 57.3 Å². The highest BCUT2D eigenvalue weighted by molar-refractivity contribution is 7.59. The van der Waals surface area contributed by atoms with Crippen molar-refractivity contribution >= 4 is 72.6 Å². The van der Waals surface area contributed by atoms with E-state index in [1.165, 1.54) is 35.0 Å². The lowest BCUT2D eigenvalue weighted by molar-refractivity contribution is -0.168. The summed E-state index contributed by atoms with van der Waals surface area (Å²) in [6, 6.07) is 40.2. The number of carboxylic acid groups (broad SMARTS) is 1. The Balaban J connectivity index is 0.000000192. The van der Waals surface area contributed by atoms with Crippen LogP contribution in [0.15, 0.2) is 158 Å². The van der Waals surface area contributed by atoms with Crippen molar-refractivity contribution in [3.63, 3.8) is 0 Å². The number of rotatable bonds is 17. The first-order valence-corrected chi connectivity index (χ1v) is 29.9. The van der Waals surface area contributed by atoms with Gasteiger partial charge in [-0.15, -0.1) is 0 Å². The summed E-state index contributed by atoms with van der Waals surface area (Å²) >= 11 is 0. The number of nitrogens with one attached hydrogen (secondary N) is 1.